The van der Waals surface area contributed by atoms with Gasteiger partial charge in [0.05, 0.1) is 0 Å². The topological polar surface area (TPSA) is 6.48 Å². The highest BCUT2D eigenvalue weighted by atomic mass is 19.2. The van der Waals surface area contributed by atoms with E-state index in [4.69, 9.17) is 0 Å². The van der Waals surface area contributed by atoms with Crippen molar-refractivity contribution >= 4 is 0 Å². The van der Waals surface area contributed by atoms with Gasteiger partial charge >= 0.3 is 0 Å². The van der Waals surface area contributed by atoms with Crippen LogP contribution in [0, 0.1) is 58.2 Å². The maximum absolute atomic E-state index is 14.0. The molecule has 0 N–H and O–H groups in total. The van der Waals surface area contributed by atoms with Crippen molar-refractivity contribution in [1.82, 2.24) is 9.80 Å². The summed E-state index contributed by atoms with van der Waals surface area (Å²) < 4.78 is 136. The zero-order valence-corrected chi connectivity index (χ0v) is 16.7. The number of hydrogen-bond donors (Lipinski definition) is 0. The maximum atomic E-state index is 14.0. The quantitative estimate of drug-likeness (QED) is 0.343. The molecule has 2 nitrogen and oxygen atoms in total. The Hall–Kier alpha value is -2.34. The Labute approximate surface area is 176 Å². The molecule has 2 unspecified atom stereocenters. The van der Waals surface area contributed by atoms with Gasteiger partial charge < -0.3 is 0 Å². The minimum atomic E-state index is -2.28. The van der Waals surface area contributed by atoms with Gasteiger partial charge in [-0.05, 0) is 13.8 Å². The molecule has 2 aromatic carbocycles. The maximum Gasteiger partial charge on any atom is 0.200 e. The van der Waals surface area contributed by atoms with Gasteiger partial charge in [0.15, 0.2) is 46.5 Å². The molecular formula is C20H16F10N2. The molecule has 0 saturated carbocycles. The summed E-state index contributed by atoms with van der Waals surface area (Å²) in [6.45, 7) is 1.67. The molecule has 0 radical (unpaired) electrons. The van der Waals surface area contributed by atoms with E-state index in [9.17, 15) is 43.9 Å². The first kappa shape index (κ1) is 24.3. The first-order valence-electron chi connectivity index (χ1n) is 9.35. The lowest BCUT2D eigenvalue weighted by Crippen LogP contribution is -2.56. The lowest BCUT2D eigenvalue weighted by molar-refractivity contribution is 0.0260. The van der Waals surface area contributed by atoms with E-state index in [1.165, 1.54) is 23.6 Å². The zero-order chi connectivity index (χ0) is 24.1. The van der Waals surface area contributed by atoms with Crippen molar-refractivity contribution in [2.24, 2.45) is 0 Å². The Bertz CT molecular complexity index is 988. The molecule has 0 amide bonds. The van der Waals surface area contributed by atoms with Crippen molar-refractivity contribution in [2.45, 2.75) is 39.0 Å². The van der Waals surface area contributed by atoms with E-state index < -0.39 is 94.5 Å². The fourth-order valence-electron chi connectivity index (χ4n) is 3.89. The van der Waals surface area contributed by atoms with Gasteiger partial charge in [-0.2, -0.15) is 0 Å². The molecule has 1 fully saturated rings. The molecule has 1 aliphatic heterocycles. The molecule has 0 spiro atoms. The minimum Gasteiger partial charge on any atom is -0.296 e. The molecule has 0 bridgehead atoms. The molecule has 2 atom stereocenters. The van der Waals surface area contributed by atoms with Crippen LogP contribution in [0.4, 0.5) is 43.9 Å². The number of nitrogens with zero attached hydrogens (tertiary/aromatic N) is 2. The molecule has 12 heteroatoms. The summed E-state index contributed by atoms with van der Waals surface area (Å²) >= 11 is 0. The van der Waals surface area contributed by atoms with E-state index in [2.05, 4.69) is 0 Å². The second-order valence-corrected chi connectivity index (χ2v) is 7.66. The lowest BCUT2D eigenvalue weighted by atomic mass is 10.0. The zero-order valence-electron chi connectivity index (χ0n) is 16.7. The monoisotopic (exact) mass is 474 g/mol. The fourth-order valence-corrected chi connectivity index (χ4v) is 3.89. The molecule has 3 rings (SSSR count). The Morgan fingerprint density at radius 2 is 0.781 bits per heavy atom. The van der Waals surface area contributed by atoms with E-state index in [0.29, 0.717) is 0 Å². The number of halogens is 10. The number of piperazine rings is 1. The van der Waals surface area contributed by atoms with Crippen LogP contribution in [0.5, 0.6) is 0 Å². The second-order valence-electron chi connectivity index (χ2n) is 7.66. The highest BCUT2D eigenvalue weighted by molar-refractivity contribution is 5.25. The third-order valence-electron chi connectivity index (χ3n) is 5.50. The summed E-state index contributed by atoms with van der Waals surface area (Å²) in [7, 11) is 0. The summed E-state index contributed by atoms with van der Waals surface area (Å²) in [4.78, 5) is 2.77. The van der Waals surface area contributed by atoms with Crippen LogP contribution in [0.2, 0.25) is 0 Å². The van der Waals surface area contributed by atoms with Crippen LogP contribution in [0.15, 0.2) is 0 Å². The summed E-state index contributed by atoms with van der Waals surface area (Å²) in [6, 6.07) is -1.26. The predicted molar refractivity (Wildman–Crippen MR) is 92.2 cm³/mol. The molecule has 0 aliphatic carbocycles. The minimum absolute atomic E-state index is 0.0424. The Kier molecular flexibility index (Phi) is 6.75. The largest absolute Gasteiger partial charge is 0.296 e. The van der Waals surface area contributed by atoms with Crippen molar-refractivity contribution in [2.75, 3.05) is 13.1 Å². The van der Waals surface area contributed by atoms with Gasteiger partial charge in [0, 0.05) is 49.4 Å². The third kappa shape index (κ3) is 4.05. The predicted octanol–water partition coefficient (Wildman–Crippen LogP) is 5.17. The van der Waals surface area contributed by atoms with Gasteiger partial charge in [-0.3, -0.25) is 9.80 Å². The van der Waals surface area contributed by atoms with E-state index >= 15 is 0 Å². The highest BCUT2D eigenvalue weighted by Crippen LogP contribution is 2.29. The van der Waals surface area contributed by atoms with Crippen molar-refractivity contribution in [3.8, 4) is 0 Å². The number of hydrogen-bond acceptors (Lipinski definition) is 2. The molecule has 0 aromatic heterocycles. The van der Waals surface area contributed by atoms with Crippen LogP contribution in [-0.4, -0.2) is 35.0 Å². The lowest BCUT2D eigenvalue weighted by Gasteiger charge is -2.44. The van der Waals surface area contributed by atoms with Crippen LogP contribution in [0.25, 0.3) is 0 Å². The molecular weight excluding hydrogens is 458 g/mol. The molecule has 2 aromatic rings. The SMILES string of the molecule is CC1CN(Cc2c(F)c(F)c(F)c(F)c2F)CC(C)N1Cc1c(F)c(F)c(F)c(F)c1F. The van der Waals surface area contributed by atoms with E-state index in [1.807, 2.05) is 0 Å². The van der Waals surface area contributed by atoms with Crippen molar-refractivity contribution in [3.05, 3.63) is 69.3 Å². The summed E-state index contributed by atoms with van der Waals surface area (Å²) in [5, 5.41) is 0. The van der Waals surface area contributed by atoms with Gasteiger partial charge in [0.25, 0.3) is 0 Å². The first-order chi connectivity index (χ1) is 14.9. The van der Waals surface area contributed by atoms with Crippen LogP contribution in [0.3, 0.4) is 0 Å². The van der Waals surface area contributed by atoms with Gasteiger partial charge in [0.1, 0.15) is 0 Å². The molecule has 176 valence electrons. The molecule has 1 saturated heterocycles. The van der Waals surface area contributed by atoms with Crippen LogP contribution in [0.1, 0.15) is 25.0 Å². The summed E-state index contributed by atoms with van der Waals surface area (Å²) in [6.07, 6.45) is 0. The Morgan fingerprint density at radius 3 is 1.12 bits per heavy atom. The van der Waals surface area contributed by atoms with Gasteiger partial charge in [-0.25, -0.2) is 43.9 Å². The average Bonchev–Trinajstić information content (AvgIpc) is 2.75. The van der Waals surface area contributed by atoms with E-state index in [1.54, 1.807) is 0 Å². The first-order valence-corrected chi connectivity index (χ1v) is 9.35. The summed E-state index contributed by atoms with van der Waals surface area (Å²) in [5.41, 5.74) is -2.07. The fraction of sp³-hybridized carbons (Fsp3) is 0.400. The number of rotatable bonds is 4. The summed E-state index contributed by atoms with van der Waals surface area (Å²) in [5.74, 6) is -20.7. The van der Waals surface area contributed by atoms with Crippen molar-refractivity contribution in [1.29, 1.82) is 0 Å². The third-order valence-corrected chi connectivity index (χ3v) is 5.50. The van der Waals surface area contributed by atoms with Gasteiger partial charge in [-0.15, -0.1) is 0 Å². The van der Waals surface area contributed by atoms with Crippen LogP contribution < -0.4 is 0 Å². The number of benzene rings is 2. The van der Waals surface area contributed by atoms with E-state index in [0.717, 1.165) is 0 Å². The van der Waals surface area contributed by atoms with Crippen LogP contribution in [-0.2, 0) is 13.1 Å². The highest BCUT2D eigenvalue weighted by Gasteiger charge is 2.35. The van der Waals surface area contributed by atoms with Gasteiger partial charge in [-0.1, -0.05) is 0 Å². The second kappa shape index (κ2) is 8.89. The van der Waals surface area contributed by atoms with E-state index in [-0.39, 0.29) is 13.1 Å². The van der Waals surface area contributed by atoms with Gasteiger partial charge in [0.2, 0.25) is 11.6 Å². The standard InChI is InChI=1S/C20H16F10N2/c1-7-3-31(5-9-11(21)15(25)19(29)16(26)12(9)22)4-8(2)32(7)6-10-13(23)17(27)20(30)18(28)14(10)24/h7-8H,3-6H2,1-2H3. The van der Waals surface area contributed by atoms with Crippen LogP contribution >= 0.6 is 0 Å². The Balaban J connectivity index is 1.82. The Morgan fingerprint density at radius 1 is 0.500 bits per heavy atom. The molecule has 1 heterocycles. The molecule has 1 aliphatic rings. The average molecular weight is 474 g/mol. The van der Waals surface area contributed by atoms with Crippen molar-refractivity contribution < 1.29 is 43.9 Å². The smallest absolute Gasteiger partial charge is 0.200 e. The normalized spacial score (nSPS) is 20.2. The van der Waals surface area contributed by atoms with Crippen molar-refractivity contribution in [3.63, 3.8) is 0 Å². The molecule has 32 heavy (non-hydrogen) atoms.